The van der Waals surface area contributed by atoms with Gasteiger partial charge in [0.1, 0.15) is 0 Å². The fraction of sp³-hybridized carbons (Fsp3) is 0.875. The largest absolute Gasteiger partial charge is 0.389 e. The first-order valence-corrected chi connectivity index (χ1v) is 5.55. The first-order chi connectivity index (χ1) is 6.95. The summed E-state index contributed by atoms with van der Waals surface area (Å²) in [4.78, 5) is 10.8. The number of halogens is 4. The van der Waals surface area contributed by atoms with Crippen LogP contribution in [0.1, 0.15) is 12.8 Å². The lowest BCUT2D eigenvalue weighted by Gasteiger charge is -2.07. The van der Waals surface area contributed by atoms with Crippen molar-refractivity contribution in [2.45, 2.75) is 19.0 Å². The third-order valence-corrected chi connectivity index (χ3v) is 1.75. The second-order valence-electron chi connectivity index (χ2n) is 2.77. The molecule has 0 aliphatic carbocycles. The van der Waals surface area contributed by atoms with Crippen molar-refractivity contribution in [3.05, 3.63) is 0 Å². The fourth-order valence-corrected chi connectivity index (χ4v) is 0.992. The highest BCUT2D eigenvalue weighted by atomic mass is 79.9. The molecule has 7 heteroatoms. The van der Waals surface area contributed by atoms with Crippen LogP contribution in [0.5, 0.6) is 0 Å². The molecule has 0 aromatic carbocycles. The number of nitrogens with one attached hydrogen (secondary N) is 1. The van der Waals surface area contributed by atoms with E-state index in [-0.39, 0.29) is 6.54 Å². The zero-order valence-electron chi connectivity index (χ0n) is 8.07. The first kappa shape index (κ1) is 14.7. The number of ether oxygens (including phenoxy) is 1. The summed E-state index contributed by atoms with van der Waals surface area (Å²) in [5, 5.41) is 3.02. The predicted molar refractivity (Wildman–Crippen MR) is 52.9 cm³/mol. The van der Waals surface area contributed by atoms with E-state index in [0.717, 1.165) is 0 Å². The van der Waals surface area contributed by atoms with Gasteiger partial charge in [-0.05, 0) is 0 Å². The Morgan fingerprint density at radius 3 is 2.53 bits per heavy atom. The van der Waals surface area contributed by atoms with Gasteiger partial charge in [-0.2, -0.15) is 13.2 Å². The summed E-state index contributed by atoms with van der Waals surface area (Å²) in [6, 6.07) is 0. The van der Waals surface area contributed by atoms with E-state index in [1.54, 1.807) is 0 Å². The van der Waals surface area contributed by atoms with E-state index in [4.69, 9.17) is 4.74 Å². The summed E-state index contributed by atoms with van der Waals surface area (Å²) in [5.74, 6) is -0.602. The number of rotatable bonds is 7. The molecule has 0 fully saturated rings. The van der Waals surface area contributed by atoms with E-state index in [9.17, 15) is 18.0 Å². The van der Waals surface area contributed by atoms with Crippen molar-refractivity contribution in [2.75, 3.05) is 25.1 Å². The van der Waals surface area contributed by atoms with Crippen LogP contribution in [0.3, 0.4) is 0 Å². The Hall–Kier alpha value is -0.300. The zero-order chi connectivity index (χ0) is 11.7. The molecule has 15 heavy (non-hydrogen) atoms. The lowest BCUT2D eigenvalue weighted by Crippen LogP contribution is -2.28. The highest BCUT2D eigenvalue weighted by Crippen LogP contribution is 2.20. The van der Waals surface area contributed by atoms with Crippen LogP contribution >= 0.6 is 15.9 Å². The Morgan fingerprint density at radius 2 is 2.00 bits per heavy atom. The average Bonchev–Trinajstić information content (AvgIpc) is 2.13. The molecule has 90 valence electrons. The summed E-state index contributed by atoms with van der Waals surface area (Å²) in [6.45, 7) is 1.06. The highest BCUT2D eigenvalue weighted by Gasteiger charge is 2.27. The number of hydrogen-bond acceptors (Lipinski definition) is 2. The standard InChI is InChI=1S/C8H13BrF3NO2/c9-3-5-15-6-4-13-7(14)1-2-8(10,11)12/h1-6H2,(H,13,14). The van der Waals surface area contributed by atoms with Crippen molar-refractivity contribution >= 4 is 21.8 Å². The van der Waals surface area contributed by atoms with Crippen LogP contribution in [0.15, 0.2) is 0 Å². The Kier molecular flexibility index (Phi) is 7.76. The van der Waals surface area contributed by atoms with Gasteiger partial charge >= 0.3 is 6.18 Å². The smallest absolute Gasteiger partial charge is 0.379 e. The molecule has 3 nitrogen and oxygen atoms in total. The molecule has 0 heterocycles. The SMILES string of the molecule is O=C(CCC(F)(F)F)NCCOCCBr. The Balaban J connectivity index is 3.34. The molecule has 0 saturated heterocycles. The second-order valence-corrected chi connectivity index (χ2v) is 3.56. The van der Waals surface area contributed by atoms with Crippen LogP contribution in [0.25, 0.3) is 0 Å². The van der Waals surface area contributed by atoms with Crippen LogP contribution in [0.4, 0.5) is 13.2 Å². The molecule has 1 N–H and O–H groups in total. The number of hydrogen-bond donors (Lipinski definition) is 1. The van der Waals surface area contributed by atoms with Crippen LogP contribution in [-0.2, 0) is 9.53 Å². The van der Waals surface area contributed by atoms with E-state index in [0.29, 0.717) is 18.5 Å². The number of alkyl halides is 4. The lowest BCUT2D eigenvalue weighted by atomic mass is 10.3. The Labute approximate surface area is 94.5 Å². The third kappa shape index (κ3) is 11.6. The van der Waals surface area contributed by atoms with E-state index < -0.39 is 24.9 Å². The lowest BCUT2D eigenvalue weighted by molar-refractivity contribution is -0.144. The number of amides is 1. The predicted octanol–water partition coefficient (Wildman–Crippen LogP) is 1.86. The van der Waals surface area contributed by atoms with Gasteiger partial charge in [0.25, 0.3) is 0 Å². The van der Waals surface area contributed by atoms with Crippen LogP contribution in [-0.4, -0.2) is 37.2 Å². The van der Waals surface area contributed by atoms with E-state index in [1.807, 2.05) is 0 Å². The quantitative estimate of drug-likeness (QED) is 0.574. The maximum Gasteiger partial charge on any atom is 0.389 e. The minimum absolute atomic E-state index is 0.240. The molecule has 0 atom stereocenters. The van der Waals surface area contributed by atoms with Crippen LogP contribution < -0.4 is 5.32 Å². The monoisotopic (exact) mass is 291 g/mol. The van der Waals surface area contributed by atoms with Crippen molar-refractivity contribution in [3.63, 3.8) is 0 Å². The Bertz CT molecular complexity index is 187. The van der Waals surface area contributed by atoms with Gasteiger partial charge in [0.2, 0.25) is 5.91 Å². The summed E-state index contributed by atoms with van der Waals surface area (Å²) < 4.78 is 40.1. The third-order valence-electron chi connectivity index (χ3n) is 1.43. The molecule has 1 amide bonds. The molecular formula is C8H13BrF3NO2. The van der Waals surface area contributed by atoms with Crippen molar-refractivity contribution in [1.82, 2.24) is 5.32 Å². The Morgan fingerprint density at radius 1 is 1.33 bits per heavy atom. The van der Waals surface area contributed by atoms with Gasteiger partial charge in [-0.3, -0.25) is 4.79 Å². The van der Waals surface area contributed by atoms with Gasteiger partial charge in [-0.1, -0.05) is 15.9 Å². The summed E-state index contributed by atoms with van der Waals surface area (Å²) in [5.41, 5.74) is 0. The normalized spacial score (nSPS) is 11.5. The second kappa shape index (κ2) is 7.92. The summed E-state index contributed by atoms with van der Waals surface area (Å²) in [7, 11) is 0. The van der Waals surface area contributed by atoms with E-state index in [1.165, 1.54) is 0 Å². The average molecular weight is 292 g/mol. The van der Waals surface area contributed by atoms with Gasteiger partial charge in [0.05, 0.1) is 19.6 Å². The van der Waals surface area contributed by atoms with Gasteiger partial charge in [0.15, 0.2) is 0 Å². The minimum atomic E-state index is -4.27. The molecular weight excluding hydrogens is 279 g/mol. The topological polar surface area (TPSA) is 38.3 Å². The van der Waals surface area contributed by atoms with Crippen molar-refractivity contribution in [3.8, 4) is 0 Å². The summed E-state index contributed by atoms with van der Waals surface area (Å²) >= 11 is 3.14. The van der Waals surface area contributed by atoms with Crippen molar-refractivity contribution < 1.29 is 22.7 Å². The maximum atomic E-state index is 11.7. The van der Waals surface area contributed by atoms with Gasteiger partial charge in [-0.25, -0.2) is 0 Å². The molecule has 0 aliphatic rings. The molecule has 0 saturated carbocycles. The molecule has 0 bridgehead atoms. The van der Waals surface area contributed by atoms with Gasteiger partial charge < -0.3 is 10.1 Å². The van der Waals surface area contributed by atoms with Gasteiger partial charge in [-0.15, -0.1) is 0 Å². The zero-order valence-corrected chi connectivity index (χ0v) is 9.66. The number of carbonyl (C=O) groups excluding carboxylic acids is 1. The summed E-state index contributed by atoms with van der Waals surface area (Å²) in [6.07, 6.45) is -5.88. The van der Waals surface area contributed by atoms with E-state index >= 15 is 0 Å². The van der Waals surface area contributed by atoms with Gasteiger partial charge in [0, 0.05) is 18.3 Å². The molecule has 0 unspecified atom stereocenters. The highest BCUT2D eigenvalue weighted by molar-refractivity contribution is 9.09. The molecule has 0 aromatic rings. The van der Waals surface area contributed by atoms with Crippen molar-refractivity contribution in [1.29, 1.82) is 0 Å². The maximum absolute atomic E-state index is 11.7. The fourth-order valence-electron chi connectivity index (χ4n) is 0.763. The first-order valence-electron chi connectivity index (χ1n) is 4.43. The van der Waals surface area contributed by atoms with E-state index in [2.05, 4.69) is 21.2 Å². The minimum Gasteiger partial charge on any atom is -0.379 e. The van der Waals surface area contributed by atoms with Crippen LogP contribution in [0.2, 0.25) is 0 Å². The molecule has 0 spiro atoms. The molecule has 0 aromatic heterocycles. The molecule has 0 rings (SSSR count). The number of carbonyl (C=O) groups is 1. The molecule has 0 radical (unpaired) electrons. The van der Waals surface area contributed by atoms with Crippen molar-refractivity contribution in [2.24, 2.45) is 0 Å². The van der Waals surface area contributed by atoms with Crippen LogP contribution in [0, 0.1) is 0 Å². The molecule has 0 aliphatic heterocycles.